The first-order valence-corrected chi connectivity index (χ1v) is 9.30. The van der Waals surface area contributed by atoms with Crippen LogP contribution in [0.15, 0.2) is 48.5 Å². The van der Waals surface area contributed by atoms with Crippen molar-refractivity contribution in [3.05, 3.63) is 88.0 Å². The molecule has 0 fully saturated rings. The van der Waals surface area contributed by atoms with Gasteiger partial charge in [0.2, 0.25) is 0 Å². The minimum atomic E-state index is -0.663. The first kappa shape index (κ1) is 21.0. The number of ether oxygens (including phenoxy) is 2. The number of aromatic amines is 1. The molecule has 0 saturated carbocycles. The van der Waals surface area contributed by atoms with E-state index in [0.29, 0.717) is 27.9 Å². The van der Waals surface area contributed by atoms with Crippen molar-refractivity contribution in [1.29, 1.82) is 0 Å². The average molecular weight is 409 g/mol. The molecule has 1 heterocycles. The molecule has 6 nitrogen and oxygen atoms in total. The number of carbonyl (C=O) groups excluding carboxylic acids is 3. The highest BCUT2D eigenvalue weighted by Gasteiger charge is 2.24. The third-order valence-corrected chi connectivity index (χ3v) is 4.55. The van der Waals surface area contributed by atoms with E-state index in [0.717, 1.165) is 0 Å². The minimum absolute atomic E-state index is 0.155. The Morgan fingerprint density at radius 3 is 2.03 bits per heavy atom. The van der Waals surface area contributed by atoms with Crippen LogP contribution in [0.4, 0.5) is 4.39 Å². The third kappa shape index (κ3) is 4.30. The molecule has 0 bridgehead atoms. The molecule has 1 N–H and O–H groups in total. The fraction of sp³-hybridized carbons (Fsp3) is 0.174. The quantitative estimate of drug-likeness (QED) is 0.371. The van der Waals surface area contributed by atoms with E-state index in [1.165, 1.54) is 48.5 Å². The maximum Gasteiger partial charge on any atom is 0.360 e. The van der Waals surface area contributed by atoms with Gasteiger partial charge in [-0.2, -0.15) is 0 Å². The van der Waals surface area contributed by atoms with Gasteiger partial charge in [0.15, 0.2) is 5.78 Å². The lowest BCUT2D eigenvalue weighted by Crippen LogP contribution is -2.12. The van der Waals surface area contributed by atoms with E-state index in [2.05, 4.69) is 4.98 Å². The summed E-state index contributed by atoms with van der Waals surface area (Å²) in [7, 11) is 0. The Labute approximate surface area is 172 Å². The summed E-state index contributed by atoms with van der Waals surface area (Å²) in [5, 5.41) is 0. The number of esters is 2. The Morgan fingerprint density at radius 2 is 1.47 bits per heavy atom. The van der Waals surface area contributed by atoms with E-state index in [1.54, 1.807) is 20.8 Å². The van der Waals surface area contributed by atoms with Crippen molar-refractivity contribution in [3.8, 4) is 5.75 Å². The van der Waals surface area contributed by atoms with Crippen LogP contribution in [-0.2, 0) is 4.74 Å². The molecule has 2 aromatic carbocycles. The molecule has 7 heteroatoms. The van der Waals surface area contributed by atoms with E-state index in [9.17, 15) is 18.8 Å². The minimum Gasteiger partial charge on any atom is -0.462 e. The van der Waals surface area contributed by atoms with Crippen molar-refractivity contribution >= 4 is 17.7 Å². The van der Waals surface area contributed by atoms with Gasteiger partial charge in [-0.3, -0.25) is 4.79 Å². The number of carbonyl (C=O) groups is 3. The van der Waals surface area contributed by atoms with Crippen molar-refractivity contribution in [2.24, 2.45) is 0 Å². The number of ketones is 1. The Kier molecular flexibility index (Phi) is 6.11. The molecule has 0 aliphatic carbocycles. The fourth-order valence-corrected chi connectivity index (χ4v) is 3.06. The van der Waals surface area contributed by atoms with Gasteiger partial charge in [-0.15, -0.1) is 0 Å². The predicted molar refractivity (Wildman–Crippen MR) is 107 cm³/mol. The number of hydrogen-bond acceptors (Lipinski definition) is 5. The first-order chi connectivity index (χ1) is 14.3. The van der Waals surface area contributed by atoms with Crippen molar-refractivity contribution < 1.29 is 28.2 Å². The molecule has 0 saturated heterocycles. The number of rotatable bonds is 6. The van der Waals surface area contributed by atoms with Gasteiger partial charge in [-0.1, -0.05) is 0 Å². The Hall–Kier alpha value is -3.74. The summed E-state index contributed by atoms with van der Waals surface area (Å²) in [5.41, 5.74) is 2.14. The van der Waals surface area contributed by atoms with Crippen molar-refractivity contribution in [1.82, 2.24) is 4.98 Å². The lowest BCUT2D eigenvalue weighted by Gasteiger charge is -2.06. The number of H-pyrrole nitrogens is 1. The summed E-state index contributed by atoms with van der Waals surface area (Å²) in [4.78, 5) is 39.9. The van der Waals surface area contributed by atoms with Gasteiger partial charge >= 0.3 is 11.9 Å². The van der Waals surface area contributed by atoms with Crippen LogP contribution >= 0.6 is 0 Å². The van der Waals surface area contributed by atoms with Gasteiger partial charge in [-0.05, 0) is 74.9 Å². The smallest absolute Gasteiger partial charge is 0.360 e. The molecule has 154 valence electrons. The highest BCUT2D eigenvalue weighted by atomic mass is 19.1. The van der Waals surface area contributed by atoms with E-state index < -0.39 is 17.8 Å². The van der Waals surface area contributed by atoms with Gasteiger partial charge in [0, 0.05) is 16.8 Å². The summed E-state index contributed by atoms with van der Waals surface area (Å²) < 4.78 is 23.4. The van der Waals surface area contributed by atoms with Crippen molar-refractivity contribution in [3.63, 3.8) is 0 Å². The summed E-state index contributed by atoms with van der Waals surface area (Å²) in [6, 6.07) is 11.3. The number of aryl methyl sites for hydroxylation is 1. The molecule has 0 radical (unpaired) electrons. The first-order valence-electron chi connectivity index (χ1n) is 9.30. The molecule has 30 heavy (non-hydrogen) atoms. The summed E-state index contributed by atoms with van der Waals surface area (Å²) in [6.07, 6.45) is 0. The number of nitrogens with one attached hydrogen (secondary N) is 1. The van der Waals surface area contributed by atoms with Crippen LogP contribution < -0.4 is 4.74 Å². The SMILES string of the molecule is CCOC(=O)c1c(C)[nH]c(C(=O)Oc2ccc(C(=O)c3ccc(F)cc3)cc2)c1C. The summed E-state index contributed by atoms with van der Waals surface area (Å²) >= 11 is 0. The normalized spacial score (nSPS) is 10.5. The lowest BCUT2D eigenvalue weighted by atomic mass is 10.0. The summed E-state index contributed by atoms with van der Waals surface area (Å²) in [5.74, 6) is -1.63. The van der Waals surface area contributed by atoms with Gasteiger partial charge in [-0.25, -0.2) is 14.0 Å². The highest BCUT2D eigenvalue weighted by Crippen LogP contribution is 2.22. The second-order valence-corrected chi connectivity index (χ2v) is 6.60. The molecule has 3 aromatic rings. The van der Waals surface area contributed by atoms with Gasteiger partial charge < -0.3 is 14.5 Å². The van der Waals surface area contributed by atoms with Crippen LogP contribution in [0.2, 0.25) is 0 Å². The zero-order valence-electron chi connectivity index (χ0n) is 16.7. The molecule has 0 unspecified atom stereocenters. The van der Waals surface area contributed by atoms with E-state index in [-0.39, 0.29) is 23.8 Å². The topological polar surface area (TPSA) is 85.5 Å². The maximum atomic E-state index is 13.0. The Balaban J connectivity index is 1.75. The van der Waals surface area contributed by atoms with E-state index in [1.807, 2.05) is 0 Å². The Morgan fingerprint density at radius 1 is 0.900 bits per heavy atom. The lowest BCUT2D eigenvalue weighted by molar-refractivity contribution is 0.0524. The molecule has 0 aliphatic rings. The van der Waals surface area contributed by atoms with Crippen LogP contribution in [0, 0.1) is 19.7 Å². The standard InChI is InChI=1S/C23H20FNO5/c1-4-29-22(27)19-13(2)20(25-14(19)3)23(28)30-18-11-7-16(8-12-18)21(26)15-5-9-17(24)10-6-15/h5-12,25H,4H2,1-3H3. The zero-order chi connectivity index (χ0) is 21.8. The second-order valence-electron chi connectivity index (χ2n) is 6.60. The Bertz CT molecular complexity index is 1100. The molecule has 0 spiro atoms. The zero-order valence-corrected chi connectivity index (χ0v) is 16.7. The number of aromatic nitrogens is 1. The molecule has 1 aromatic heterocycles. The molecule has 3 rings (SSSR count). The molecular weight excluding hydrogens is 389 g/mol. The largest absolute Gasteiger partial charge is 0.462 e. The van der Waals surface area contributed by atoms with Crippen molar-refractivity contribution in [2.75, 3.05) is 6.61 Å². The third-order valence-electron chi connectivity index (χ3n) is 4.55. The number of benzene rings is 2. The van der Waals surface area contributed by atoms with E-state index in [4.69, 9.17) is 9.47 Å². The molecule has 0 amide bonds. The van der Waals surface area contributed by atoms with Gasteiger partial charge in [0.05, 0.1) is 12.2 Å². The van der Waals surface area contributed by atoms with E-state index >= 15 is 0 Å². The van der Waals surface area contributed by atoms with Crippen LogP contribution in [0.25, 0.3) is 0 Å². The fourth-order valence-electron chi connectivity index (χ4n) is 3.06. The van der Waals surface area contributed by atoms with Crippen LogP contribution in [0.1, 0.15) is 54.9 Å². The number of halogens is 1. The summed E-state index contributed by atoms with van der Waals surface area (Å²) in [6.45, 7) is 5.24. The van der Waals surface area contributed by atoms with Gasteiger partial charge in [0.25, 0.3) is 0 Å². The van der Waals surface area contributed by atoms with Crippen LogP contribution in [-0.4, -0.2) is 29.3 Å². The van der Waals surface area contributed by atoms with Crippen molar-refractivity contribution in [2.45, 2.75) is 20.8 Å². The predicted octanol–water partition coefficient (Wildman–Crippen LogP) is 4.40. The monoisotopic (exact) mass is 409 g/mol. The molecular formula is C23H20FNO5. The average Bonchev–Trinajstić information content (AvgIpc) is 3.03. The highest BCUT2D eigenvalue weighted by molar-refractivity contribution is 6.09. The van der Waals surface area contributed by atoms with Crippen LogP contribution in [0.5, 0.6) is 5.75 Å². The number of hydrogen-bond donors (Lipinski definition) is 1. The van der Waals surface area contributed by atoms with Gasteiger partial charge in [0.1, 0.15) is 17.3 Å². The second kappa shape index (κ2) is 8.73. The maximum absolute atomic E-state index is 13.0. The molecule has 0 atom stereocenters. The van der Waals surface area contributed by atoms with Crippen LogP contribution in [0.3, 0.4) is 0 Å². The molecule has 0 aliphatic heterocycles.